The van der Waals surface area contributed by atoms with Crippen molar-refractivity contribution >= 4 is 0 Å². The standard InChI is InChI=1S/C10H14.Ru/c1-8(2)10-7-5-4-6-9(10)3;/h4-8H,1-3H3;/q;+2. The van der Waals surface area contributed by atoms with Crippen molar-refractivity contribution < 1.29 is 19.5 Å². The third-order valence-electron chi connectivity index (χ3n) is 1.81. The molecular formula is C10H14Ru+2. The number of benzene rings is 1. The van der Waals surface area contributed by atoms with E-state index >= 15 is 0 Å². The van der Waals surface area contributed by atoms with E-state index in [-0.39, 0.29) is 19.5 Å². The number of hydrogen-bond donors (Lipinski definition) is 0. The Kier molecular flexibility index (Phi) is 4.60. The van der Waals surface area contributed by atoms with Crippen LogP contribution in [0.25, 0.3) is 0 Å². The Morgan fingerprint density at radius 2 is 1.64 bits per heavy atom. The SMILES string of the molecule is Cc1ccccc1C(C)C.[Ru+2]. The normalized spacial score (nSPS) is 9.45. The summed E-state index contributed by atoms with van der Waals surface area (Å²) in [7, 11) is 0. The van der Waals surface area contributed by atoms with Gasteiger partial charge in [-0.1, -0.05) is 38.1 Å². The van der Waals surface area contributed by atoms with E-state index < -0.39 is 0 Å². The van der Waals surface area contributed by atoms with Crippen molar-refractivity contribution in [3.8, 4) is 0 Å². The van der Waals surface area contributed by atoms with E-state index in [1.165, 1.54) is 11.1 Å². The number of aryl methyl sites for hydroxylation is 1. The molecule has 0 saturated heterocycles. The second-order valence-corrected chi connectivity index (χ2v) is 3.01. The zero-order chi connectivity index (χ0) is 7.56. The van der Waals surface area contributed by atoms with Crippen LogP contribution in [0.3, 0.4) is 0 Å². The molecule has 0 radical (unpaired) electrons. The molecule has 60 valence electrons. The zero-order valence-corrected chi connectivity index (χ0v) is 8.98. The molecule has 0 spiro atoms. The number of hydrogen-bond acceptors (Lipinski definition) is 0. The van der Waals surface area contributed by atoms with Gasteiger partial charge >= 0.3 is 19.5 Å². The van der Waals surface area contributed by atoms with Gasteiger partial charge in [0, 0.05) is 0 Å². The van der Waals surface area contributed by atoms with Gasteiger partial charge in [-0.25, -0.2) is 0 Å². The Morgan fingerprint density at radius 1 is 1.09 bits per heavy atom. The van der Waals surface area contributed by atoms with Gasteiger partial charge in [0.1, 0.15) is 0 Å². The minimum absolute atomic E-state index is 0. The summed E-state index contributed by atoms with van der Waals surface area (Å²) < 4.78 is 0. The van der Waals surface area contributed by atoms with Gasteiger partial charge in [-0.3, -0.25) is 0 Å². The maximum atomic E-state index is 2.22. The van der Waals surface area contributed by atoms with Crippen molar-refractivity contribution in [3.05, 3.63) is 35.4 Å². The fourth-order valence-corrected chi connectivity index (χ4v) is 1.23. The fourth-order valence-electron chi connectivity index (χ4n) is 1.23. The summed E-state index contributed by atoms with van der Waals surface area (Å²) in [6.45, 7) is 6.61. The minimum Gasteiger partial charge on any atom is -0.0620 e. The monoisotopic (exact) mass is 236 g/mol. The molecule has 1 aromatic carbocycles. The summed E-state index contributed by atoms with van der Waals surface area (Å²) in [4.78, 5) is 0. The van der Waals surface area contributed by atoms with Gasteiger partial charge in [0.15, 0.2) is 0 Å². The molecule has 0 amide bonds. The molecule has 0 aromatic heterocycles. The fraction of sp³-hybridized carbons (Fsp3) is 0.400. The summed E-state index contributed by atoms with van der Waals surface area (Å²) in [5, 5.41) is 0. The Labute approximate surface area is 81.8 Å². The second-order valence-electron chi connectivity index (χ2n) is 3.01. The van der Waals surface area contributed by atoms with Crippen LogP contribution in [-0.2, 0) is 19.5 Å². The molecule has 0 nitrogen and oxygen atoms in total. The van der Waals surface area contributed by atoms with Crippen LogP contribution in [0, 0.1) is 6.92 Å². The molecule has 0 atom stereocenters. The van der Waals surface area contributed by atoms with Gasteiger partial charge in [-0.05, 0) is 24.0 Å². The van der Waals surface area contributed by atoms with E-state index in [0.29, 0.717) is 5.92 Å². The average molecular weight is 235 g/mol. The first-order valence-electron chi connectivity index (χ1n) is 3.77. The summed E-state index contributed by atoms with van der Waals surface area (Å²) >= 11 is 0. The molecule has 0 aliphatic heterocycles. The van der Waals surface area contributed by atoms with Gasteiger partial charge in [-0.15, -0.1) is 0 Å². The Hall–Kier alpha value is -0.157. The van der Waals surface area contributed by atoms with Crippen LogP contribution in [0.1, 0.15) is 30.9 Å². The predicted molar refractivity (Wildman–Crippen MR) is 45.3 cm³/mol. The summed E-state index contributed by atoms with van der Waals surface area (Å²) in [5.41, 5.74) is 2.86. The molecule has 0 unspecified atom stereocenters. The van der Waals surface area contributed by atoms with Crippen molar-refractivity contribution in [2.75, 3.05) is 0 Å². The van der Waals surface area contributed by atoms with E-state index in [1.54, 1.807) is 0 Å². The molecular weight excluding hydrogens is 221 g/mol. The third-order valence-corrected chi connectivity index (χ3v) is 1.81. The number of rotatable bonds is 1. The van der Waals surface area contributed by atoms with E-state index in [2.05, 4.69) is 45.0 Å². The Morgan fingerprint density at radius 3 is 2.00 bits per heavy atom. The first kappa shape index (κ1) is 10.8. The van der Waals surface area contributed by atoms with Crippen molar-refractivity contribution in [2.24, 2.45) is 0 Å². The van der Waals surface area contributed by atoms with Gasteiger partial charge in [0.25, 0.3) is 0 Å². The largest absolute Gasteiger partial charge is 2.00 e. The molecule has 11 heavy (non-hydrogen) atoms. The van der Waals surface area contributed by atoms with E-state index in [4.69, 9.17) is 0 Å². The zero-order valence-electron chi connectivity index (χ0n) is 7.24. The quantitative estimate of drug-likeness (QED) is 0.656. The molecule has 1 rings (SSSR count). The Balaban J connectivity index is 0.000001000. The molecule has 0 aliphatic rings. The van der Waals surface area contributed by atoms with Crippen molar-refractivity contribution in [1.82, 2.24) is 0 Å². The van der Waals surface area contributed by atoms with Crippen LogP contribution in [0.2, 0.25) is 0 Å². The van der Waals surface area contributed by atoms with Gasteiger partial charge < -0.3 is 0 Å². The van der Waals surface area contributed by atoms with Crippen LogP contribution >= 0.6 is 0 Å². The first-order chi connectivity index (χ1) is 4.72. The predicted octanol–water partition coefficient (Wildman–Crippen LogP) is 3.12. The maximum Gasteiger partial charge on any atom is 2.00 e. The van der Waals surface area contributed by atoms with Gasteiger partial charge in [0.05, 0.1) is 0 Å². The summed E-state index contributed by atoms with van der Waals surface area (Å²) in [5.74, 6) is 0.654. The molecule has 0 N–H and O–H groups in total. The van der Waals surface area contributed by atoms with Crippen molar-refractivity contribution in [2.45, 2.75) is 26.7 Å². The van der Waals surface area contributed by atoms with E-state index in [9.17, 15) is 0 Å². The van der Waals surface area contributed by atoms with Crippen LogP contribution in [0.15, 0.2) is 24.3 Å². The molecule has 1 aromatic rings. The molecule has 1 heteroatoms. The molecule has 0 bridgehead atoms. The second kappa shape index (κ2) is 4.67. The summed E-state index contributed by atoms with van der Waals surface area (Å²) in [6.07, 6.45) is 0. The Bertz CT molecular complexity index is 216. The van der Waals surface area contributed by atoms with Crippen molar-refractivity contribution in [3.63, 3.8) is 0 Å². The van der Waals surface area contributed by atoms with Gasteiger partial charge in [0.2, 0.25) is 0 Å². The summed E-state index contributed by atoms with van der Waals surface area (Å²) in [6, 6.07) is 8.54. The van der Waals surface area contributed by atoms with Crippen LogP contribution in [-0.4, -0.2) is 0 Å². The van der Waals surface area contributed by atoms with Gasteiger partial charge in [-0.2, -0.15) is 0 Å². The maximum absolute atomic E-state index is 2.22. The molecule has 0 heterocycles. The minimum atomic E-state index is 0. The van der Waals surface area contributed by atoms with E-state index in [1.807, 2.05) is 0 Å². The molecule has 0 aliphatic carbocycles. The topological polar surface area (TPSA) is 0 Å². The average Bonchev–Trinajstić information content (AvgIpc) is 1.88. The third kappa shape index (κ3) is 2.75. The molecule has 0 saturated carbocycles. The van der Waals surface area contributed by atoms with E-state index in [0.717, 1.165) is 0 Å². The smallest absolute Gasteiger partial charge is 0.0620 e. The van der Waals surface area contributed by atoms with Crippen LogP contribution < -0.4 is 0 Å². The van der Waals surface area contributed by atoms with Crippen LogP contribution in [0.5, 0.6) is 0 Å². The molecule has 0 fully saturated rings. The van der Waals surface area contributed by atoms with Crippen molar-refractivity contribution in [1.29, 1.82) is 0 Å². The van der Waals surface area contributed by atoms with Crippen LogP contribution in [0.4, 0.5) is 0 Å². The first-order valence-corrected chi connectivity index (χ1v) is 3.77.